The maximum Gasteiger partial charge on any atom is 0.0571 e. The molecule has 0 aliphatic heterocycles. The Morgan fingerprint density at radius 1 is 1.14 bits per heavy atom. The van der Waals surface area contributed by atoms with Crippen molar-refractivity contribution in [3.05, 3.63) is 0 Å². The van der Waals surface area contributed by atoms with E-state index in [1.165, 1.54) is 19.3 Å². The van der Waals surface area contributed by atoms with Gasteiger partial charge in [0.2, 0.25) is 0 Å². The van der Waals surface area contributed by atoms with Crippen LogP contribution in [-0.2, 0) is 4.74 Å². The molecule has 0 aromatic rings. The summed E-state index contributed by atoms with van der Waals surface area (Å²) in [7, 11) is 1.83. The first kappa shape index (κ1) is 12.0. The highest BCUT2D eigenvalue weighted by atomic mass is 16.5. The van der Waals surface area contributed by atoms with E-state index in [9.17, 15) is 0 Å². The van der Waals surface area contributed by atoms with E-state index in [1.54, 1.807) is 0 Å². The van der Waals surface area contributed by atoms with Crippen LogP contribution in [0.15, 0.2) is 0 Å². The lowest BCUT2D eigenvalue weighted by Gasteiger charge is -2.39. The highest BCUT2D eigenvalue weighted by Crippen LogP contribution is 2.39. The summed E-state index contributed by atoms with van der Waals surface area (Å²) in [5, 5.41) is 0. The highest BCUT2D eigenvalue weighted by Gasteiger charge is 2.32. The van der Waals surface area contributed by atoms with Crippen molar-refractivity contribution >= 4 is 0 Å². The zero-order valence-corrected chi connectivity index (χ0v) is 10.4. The van der Waals surface area contributed by atoms with Crippen LogP contribution in [0.5, 0.6) is 0 Å². The fourth-order valence-electron chi connectivity index (χ4n) is 2.93. The molecule has 1 aliphatic rings. The molecular formula is C13H26O. The van der Waals surface area contributed by atoms with E-state index in [2.05, 4.69) is 27.7 Å². The van der Waals surface area contributed by atoms with Gasteiger partial charge in [-0.1, -0.05) is 33.6 Å². The number of rotatable bonds is 3. The zero-order valence-electron chi connectivity index (χ0n) is 10.4. The van der Waals surface area contributed by atoms with Gasteiger partial charge in [-0.2, -0.15) is 0 Å². The van der Waals surface area contributed by atoms with Crippen molar-refractivity contribution in [2.24, 2.45) is 23.7 Å². The normalized spacial score (nSPS) is 37.9. The molecule has 0 amide bonds. The van der Waals surface area contributed by atoms with Crippen molar-refractivity contribution in [2.45, 2.75) is 53.1 Å². The van der Waals surface area contributed by atoms with Crippen molar-refractivity contribution in [3.63, 3.8) is 0 Å². The molecule has 14 heavy (non-hydrogen) atoms. The van der Waals surface area contributed by atoms with Crippen LogP contribution in [-0.4, -0.2) is 13.2 Å². The molecule has 5 unspecified atom stereocenters. The van der Waals surface area contributed by atoms with Crippen LogP contribution >= 0.6 is 0 Å². The Balaban J connectivity index is 2.57. The summed E-state index contributed by atoms with van der Waals surface area (Å²) < 4.78 is 5.45. The summed E-state index contributed by atoms with van der Waals surface area (Å²) in [6, 6.07) is 0. The van der Waals surface area contributed by atoms with Gasteiger partial charge >= 0.3 is 0 Å². The predicted octanol–water partition coefficient (Wildman–Crippen LogP) is 3.73. The molecule has 84 valence electrons. The van der Waals surface area contributed by atoms with Gasteiger partial charge in [0.05, 0.1) is 6.10 Å². The Labute approximate surface area is 89.2 Å². The Bertz CT molecular complexity index is 167. The molecule has 0 aromatic heterocycles. The molecule has 0 radical (unpaired) electrons. The van der Waals surface area contributed by atoms with Crippen molar-refractivity contribution in [2.75, 3.05) is 7.11 Å². The van der Waals surface area contributed by atoms with Crippen LogP contribution in [0.4, 0.5) is 0 Å². The van der Waals surface area contributed by atoms with Crippen molar-refractivity contribution < 1.29 is 4.74 Å². The van der Waals surface area contributed by atoms with Crippen molar-refractivity contribution in [3.8, 4) is 0 Å². The van der Waals surface area contributed by atoms with E-state index in [0.29, 0.717) is 12.0 Å². The summed E-state index contributed by atoms with van der Waals surface area (Å²) in [5.41, 5.74) is 0. The molecule has 1 fully saturated rings. The molecule has 0 bridgehead atoms. The van der Waals surface area contributed by atoms with Crippen LogP contribution in [0.1, 0.15) is 47.0 Å². The quantitative estimate of drug-likeness (QED) is 0.671. The fourth-order valence-corrected chi connectivity index (χ4v) is 2.93. The summed E-state index contributed by atoms with van der Waals surface area (Å²) in [6.45, 7) is 9.39. The Morgan fingerprint density at radius 3 is 2.36 bits per heavy atom. The zero-order chi connectivity index (χ0) is 10.7. The third-order valence-corrected chi connectivity index (χ3v) is 4.56. The van der Waals surface area contributed by atoms with Gasteiger partial charge in [0.1, 0.15) is 0 Å². The van der Waals surface area contributed by atoms with Gasteiger partial charge in [-0.3, -0.25) is 0 Å². The van der Waals surface area contributed by atoms with Crippen LogP contribution in [0.2, 0.25) is 0 Å². The van der Waals surface area contributed by atoms with Crippen LogP contribution in [0, 0.1) is 23.7 Å². The van der Waals surface area contributed by atoms with Gasteiger partial charge in [0.15, 0.2) is 0 Å². The van der Waals surface area contributed by atoms with Crippen LogP contribution < -0.4 is 0 Å². The Kier molecular flexibility index (Phi) is 4.43. The van der Waals surface area contributed by atoms with Gasteiger partial charge in [0, 0.05) is 7.11 Å². The lowest BCUT2D eigenvalue weighted by Crippen LogP contribution is -2.34. The summed E-state index contributed by atoms with van der Waals surface area (Å²) in [4.78, 5) is 0. The SMILES string of the molecule is COC(C)C(C)C1CCCC(C)C1C. The summed E-state index contributed by atoms with van der Waals surface area (Å²) in [6.07, 6.45) is 4.65. The second-order valence-electron chi connectivity index (χ2n) is 5.23. The maximum absolute atomic E-state index is 5.45. The van der Waals surface area contributed by atoms with Gasteiger partial charge < -0.3 is 4.74 Å². The first-order valence-electron chi connectivity index (χ1n) is 6.10. The second kappa shape index (κ2) is 5.16. The van der Waals surface area contributed by atoms with Gasteiger partial charge in [-0.25, -0.2) is 0 Å². The van der Waals surface area contributed by atoms with E-state index in [1.807, 2.05) is 7.11 Å². The molecule has 1 saturated carbocycles. The molecule has 1 aliphatic carbocycles. The highest BCUT2D eigenvalue weighted by molar-refractivity contribution is 4.82. The van der Waals surface area contributed by atoms with E-state index in [0.717, 1.165) is 17.8 Å². The third kappa shape index (κ3) is 2.50. The number of methoxy groups -OCH3 is 1. The number of ether oxygens (including phenoxy) is 1. The minimum absolute atomic E-state index is 0.410. The smallest absolute Gasteiger partial charge is 0.0571 e. The first-order valence-corrected chi connectivity index (χ1v) is 6.10. The predicted molar refractivity (Wildman–Crippen MR) is 61.3 cm³/mol. The van der Waals surface area contributed by atoms with Gasteiger partial charge in [-0.15, -0.1) is 0 Å². The second-order valence-corrected chi connectivity index (χ2v) is 5.23. The maximum atomic E-state index is 5.45. The van der Waals surface area contributed by atoms with E-state index in [-0.39, 0.29) is 0 Å². The molecule has 0 aromatic carbocycles. The fraction of sp³-hybridized carbons (Fsp3) is 1.00. The van der Waals surface area contributed by atoms with Gasteiger partial charge in [-0.05, 0) is 37.0 Å². The number of hydrogen-bond donors (Lipinski definition) is 0. The Hall–Kier alpha value is -0.0400. The summed E-state index contributed by atoms with van der Waals surface area (Å²) in [5.74, 6) is 3.35. The number of hydrogen-bond acceptors (Lipinski definition) is 1. The Morgan fingerprint density at radius 2 is 1.79 bits per heavy atom. The monoisotopic (exact) mass is 198 g/mol. The standard InChI is InChI=1S/C13H26O/c1-9-7-6-8-13(10(9)2)11(3)12(4)14-5/h9-13H,6-8H2,1-5H3. The minimum atomic E-state index is 0.410. The average molecular weight is 198 g/mol. The summed E-state index contributed by atoms with van der Waals surface area (Å²) >= 11 is 0. The van der Waals surface area contributed by atoms with E-state index in [4.69, 9.17) is 4.74 Å². The lowest BCUT2D eigenvalue weighted by molar-refractivity contribution is 0.0127. The lowest BCUT2D eigenvalue weighted by atomic mass is 9.68. The van der Waals surface area contributed by atoms with Crippen molar-refractivity contribution in [1.29, 1.82) is 0 Å². The molecular weight excluding hydrogens is 172 g/mol. The minimum Gasteiger partial charge on any atom is -0.381 e. The third-order valence-electron chi connectivity index (χ3n) is 4.56. The largest absolute Gasteiger partial charge is 0.381 e. The first-order chi connectivity index (χ1) is 6.57. The molecule has 0 spiro atoms. The molecule has 0 saturated heterocycles. The molecule has 5 atom stereocenters. The van der Waals surface area contributed by atoms with Crippen LogP contribution in [0.25, 0.3) is 0 Å². The van der Waals surface area contributed by atoms with E-state index < -0.39 is 0 Å². The molecule has 0 N–H and O–H groups in total. The van der Waals surface area contributed by atoms with Gasteiger partial charge in [0.25, 0.3) is 0 Å². The van der Waals surface area contributed by atoms with E-state index >= 15 is 0 Å². The van der Waals surface area contributed by atoms with Crippen LogP contribution in [0.3, 0.4) is 0 Å². The molecule has 1 nitrogen and oxygen atoms in total. The molecule has 1 heteroatoms. The molecule has 1 rings (SSSR count). The van der Waals surface area contributed by atoms with Crippen molar-refractivity contribution in [1.82, 2.24) is 0 Å². The topological polar surface area (TPSA) is 9.23 Å². The molecule has 0 heterocycles. The average Bonchev–Trinajstić information content (AvgIpc) is 2.20.